The quantitative estimate of drug-likeness (QED) is 0.383. The van der Waals surface area contributed by atoms with Crippen molar-refractivity contribution >= 4 is 39.0 Å². The highest BCUT2D eigenvalue weighted by molar-refractivity contribution is 7.20. The predicted molar refractivity (Wildman–Crippen MR) is 95.4 cm³/mol. The Morgan fingerprint density at radius 3 is 2.46 bits per heavy atom. The first kappa shape index (κ1) is 17.6. The van der Waals surface area contributed by atoms with Crippen molar-refractivity contribution in [1.82, 2.24) is 0 Å². The standard InChI is InChI=1S/C18H13NO6S/c1-24-17(20)12-4-2-11(3-5-12)10-25-18(21)16-9-13-8-14(19(22)23)6-7-15(13)26-16/h2-9H,10H2,1H3. The van der Waals surface area contributed by atoms with E-state index in [0.29, 0.717) is 15.8 Å². The number of carbonyl (C=O) groups is 2. The van der Waals surface area contributed by atoms with E-state index >= 15 is 0 Å². The fourth-order valence-electron chi connectivity index (χ4n) is 2.32. The van der Waals surface area contributed by atoms with Crippen molar-refractivity contribution in [2.75, 3.05) is 7.11 Å². The minimum absolute atomic E-state index is 0.0269. The van der Waals surface area contributed by atoms with Crippen LogP contribution in [0.15, 0.2) is 48.5 Å². The number of thiophene rings is 1. The molecule has 0 saturated heterocycles. The number of rotatable bonds is 5. The molecule has 2 aromatic carbocycles. The summed E-state index contributed by atoms with van der Waals surface area (Å²) < 4.78 is 10.7. The predicted octanol–water partition coefficient (Wildman–Crippen LogP) is 3.95. The van der Waals surface area contributed by atoms with Crippen molar-refractivity contribution in [1.29, 1.82) is 0 Å². The first-order valence-corrected chi connectivity index (χ1v) is 8.32. The molecule has 0 atom stereocenters. The van der Waals surface area contributed by atoms with Gasteiger partial charge in [-0.3, -0.25) is 10.1 Å². The minimum atomic E-state index is -0.508. The number of benzene rings is 2. The lowest BCUT2D eigenvalue weighted by Gasteiger charge is -2.04. The van der Waals surface area contributed by atoms with Crippen LogP contribution in [0.3, 0.4) is 0 Å². The number of non-ortho nitro benzene ring substituents is 1. The van der Waals surface area contributed by atoms with Gasteiger partial charge >= 0.3 is 11.9 Å². The number of carbonyl (C=O) groups excluding carboxylic acids is 2. The van der Waals surface area contributed by atoms with Gasteiger partial charge in [-0.25, -0.2) is 9.59 Å². The molecule has 1 aromatic heterocycles. The highest BCUT2D eigenvalue weighted by Gasteiger charge is 2.14. The van der Waals surface area contributed by atoms with Gasteiger partial charge in [0.1, 0.15) is 11.5 Å². The Labute approximate surface area is 151 Å². The molecular weight excluding hydrogens is 358 g/mol. The van der Waals surface area contributed by atoms with Gasteiger partial charge in [-0.1, -0.05) is 12.1 Å². The van der Waals surface area contributed by atoms with E-state index in [1.54, 1.807) is 36.4 Å². The van der Waals surface area contributed by atoms with E-state index < -0.39 is 16.9 Å². The lowest BCUT2D eigenvalue weighted by Crippen LogP contribution is -2.04. The van der Waals surface area contributed by atoms with E-state index in [1.807, 2.05) is 0 Å². The van der Waals surface area contributed by atoms with Gasteiger partial charge in [0.15, 0.2) is 0 Å². The third-order valence-corrected chi connectivity index (χ3v) is 4.75. The molecular formula is C18H13NO6S. The Hall–Kier alpha value is -3.26. The zero-order valence-electron chi connectivity index (χ0n) is 13.6. The van der Waals surface area contributed by atoms with Gasteiger partial charge in [0.2, 0.25) is 0 Å². The fourth-order valence-corrected chi connectivity index (χ4v) is 3.26. The summed E-state index contributed by atoms with van der Waals surface area (Å²) in [4.78, 5) is 34.3. The van der Waals surface area contributed by atoms with Crippen molar-refractivity contribution < 1.29 is 24.0 Å². The molecule has 7 nitrogen and oxygen atoms in total. The highest BCUT2D eigenvalue weighted by Crippen LogP contribution is 2.29. The van der Waals surface area contributed by atoms with Crippen LogP contribution >= 0.6 is 11.3 Å². The summed E-state index contributed by atoms with van der Waals surface area (Å²) in [5, 5.41) is 11.4. The molecule has 0 aliphatic carbocycles. The molecule has 8 heteroatoms. The van der Waals surface area contributed by atoms with Gasteiger partial charge < -0.3 is 9.47 Å². The van der Waals surface area contributed by atoms with E-state index in [9.17, 15) is 19.7 Å². The molecule has 1 heterocycles. The van der Waals surface area contributed by atoms with Crippen molar-refractivity contribution in [2.24, 2.45) is 0 Å². The molecule has 0 amide bonds. The Morgan fingerprint density at radius 2 is 1.81 bits per heavy atom. The number of fused-ring (bicyclic) bond motifs is 1. The number of ether oxygens (including phenoxy) is 2. The largest absolute Gasteiger partial charge is 0.465 e. The van der Waals surface area contributed by atoms with Gasteiger partial charge in [0.25, 0.3) is 5.69 Å². The normalized spacial score (nSPS) is 10.5. The lowest BCUT2D eigenvalue weighted by atomic mass is 10.1. The average molecular weight is 371 g/mol. The number of nitro benzene ring substituents is 1. The van der Waals surface area contributed by atoms with Gasteiger partial charge in [-0.05, 0) is 29.8 Å². The first-order valence-electron chi connectivity index (χ1n) is 7.50. The van der Waals surface area contributed by atoms with E-state index in [4.69, 9.17) is 4.74 Å². The highest BCUT2D eigenvalue weighted by atomic mass is 32.1. The van der Waals surface area contributed by atoms with Gasteiger partial charge in [-0.15, -0.1) is 11.3 Å². The van der Waals surface area contributed by atoms with Crippen LogP contribution in [0, 0.1) is 10.1 Å². The maximum atomic E-state index is 12.2. The summed E-state index contributed by atoms with van der Waals surface area (Å²) in [7, 11) is 1.30. The van der Waals surface area contributed by atoms with Crippen LogP contribution in [-0.4, -0.2) is 24.0 Å². The molecule has 0 saturated carbocycles. The number of hydrogen-bond acceptors (Lipinski definition) is 7. The maximum Gasteiger partial charge on any atom is 0.348 e. The SMILES string of the molecule is COC(=O)c1ccc(COC(=O)c2cc3cc([N+](=O)[O-])ccc3s2)cc1. The number of nitrogens with zero attached hydrogens (tertiary/aromatic N) is 1. The third-order valence-electron chi connectivity index (χ3n) is 3.66. The molecule has 0 fully saturated rings. The molecule has 0 unspecified atom stereocenters. The van der Waals surface area contributed by atoms with Gasteiger partial charge in [0.05, 0.1) is 17.6 Å². The molecule has 3 aromatic rings. The fraction of sp³-hybridized carbons (Fsp3) is 0.111. The van der Waals surface area contributed by atoms with Crippen LogP contribution in [0.2, 0.25) is 0 Å². The van der Waals surface area contributed by atoms with E-state index in [-0.39, 0.29) is 12.3 Å². The molecule has 26 heavy (non-hydrogen) atoms. The second kappa shape index (κ2) is 7.32. The average Bonchev–Trinajstić information content (AvgIpc) is 3.09. The number of nitro groups is 1. The zero-order valence-corrected chi connectivity index (χ0v) is 14.4. The number of hydrogen-bond donors (Lipinski definition) is 0. The Bertz CT molecular complexity index is 993. The van der Waals surface area contributed by atoms with E-state index in [2.05, 4.69) is 4.74 Å². The molecule has 0 radical (unpaired) electrons. The molecule has 0 spiro atoms. The maximum absolute atomic E-state index is 12.2. The third kappa shape index (κ3) is 3.70. The Kier molecular flexibility index (Phi) is 4.94. The topological polar surface area (TPSA) is 95.7 Å². The smallest absolute Gasteiger partial charge is 0.348 e. The summed E-state index contributed by atoms with van der Waals surface area (Å²) >= 11 is 1.21. The molecule has 132 valence electrons. The van der Waals surface area contributed by atoms with Crippen molar-refractivity contribution in [3.8, 4) is 0 Å². The second-order valence-corrected chi connectivity index (χ2v) is 6.44. The Morgan fingerprint density at radius 1 is 1.08 bits per heavy atom. The van der Waals surface area contributed by atoms with E-state index in [0.717, 1.165) is 10.3 Å². The zero-order chi connectivity index (χ0) is 18.7. The summed E-state index contributed by atoms with van der Waals surface area (Å²) in [6.45, 7) is 0.0503. The summed E-state index contributed by atoms with van der Waals surface area (Å²) in [5.41, 5.74) is 1.11. The van der Waals surface area contributed by atoms with Crippen LogP contribution < -0.4 is 0 Å². The second-order valence-electron chi connectivity index (χ2n) is 5.35. The molecule has 0 bridgehead atoms. The van der Waals surface area contributed by atoms with Crippen LogP contribution in [0.1, 0.15) is 25.6 Å². The number of methoxy groups -OCH3 is 1. The van der Waals surface area contributed by atoms with Gasteiger partial charge in [-0.2, -0.15) is 0 Å². The number of esters is 2. The lowest BCUT2D eigenvalue weighted by molar-refractivity contribution is -0.384. The molecule has 3 rings (SSSR count). The van der Waals surface area contributed by atoms with Crippen molar-refractivity contribution in [3.05, 3.63) is 74.6 Å². The van der Waals surface area contributed by atoms with Crippen molar-refractivity contribution in [3.63, 3.8) is 0 Å². The van der Waals surface area contributed by atoms with Crippen molar-refractivity contribution in [2.45, 2.75) is 6.61 Å². The monoisotopic (exact) mass is 371 g/mol. The molecule has 0 aliphatic rings. The van der Waals surface area contributed by atoms with Crippen LogP contribution in [0.4, 0.5) is 5.69 Å². The van der Waals surface area contributed by atoms with Gasteiger partial charge in [0, 0.05) is 22.2 Å². The Balaban J connectivity index is 1.69. The van der Waals surface area contributed by atoms with Crippen LogP contribution in [0.5, 0.6) is 0 Å². The van der Waals surface area contributed by atoms with E-state index in [1.165, 1.54) is 30.6 Å². The van der Waals surface area contributed by atoms with Crippen LogP contribution in [0.25, 0.3) is 10.1 Å². The summed E-state index contributed by atoms with van der Waals surface area (Å²) in [5.74, 6) is -0.946. The molecule has 0 N–H and O–H groups in total. The summed E-state index contributed by atoms with van der Waals surface area (Å²) in [6, 6.07) is 12.5. The summed E-state index contributed by atoms with van der Waals surface area (Å²) in [6.07, 6.45) is 0. The van der Waals surface area contributed by atoms with Crippen LogP contribution in [-0.2, 0) is 16.1 Å². The minimum Gasteiger partial charge on any atom is -0.465 e. The first-order chi connectivity index (χ1) is 12.5. The molecule has 0 aliphatic heterocycles.